The highest BCUT2D eigenvalue weighted by atomic mass is 16.6. The average Bonchev–Trinajstić information content (AvgIpc) is 3.47. The quantitative estimate of drug-likeness (QED) is 0.0261. The molecule has 6 nitrogen and oxygen atoms in total. The molecule has 0 rings (SSSR count). The van der Waals surface area contributed by atoms with Gasteiger partial charge in [-0.1, -0.05) is 276 Å². The zero-order valence-corrected chi connectivity index (χ0v) is 52.8. The van der Waals surface area contributed by atoms with E-state index in [0.717, 1.165) is 135 Å². The summed E-state index contributed by atoms with van der Waals surface area (Å²) < 4.78 is 16.9. The van der Waals surface area contributed by atoms with Gasteiger partial charge in [-0.3, -0.25) is 14.4 Å². The van der Waals surface area contributed by atoms with Crippen LogP contribution in [-0.4, -0.2) is 37.2 Å². The highest BCUT2D eigenvalue weighted by Crippen LogP contribution is 2.15. The van der Waals surface area contributed by atoms with Crippen molar-refractivity contribution in [3.63, 3.8) is 0 Å². The molecule has 6 heteroatoms. The summed E-state index contributed by atoms with van der Waals surface area (Å²) in [5.41, 5.74) is 0. The van der Waals surface area contributed by atoms with E-state index < -0.39 is 6.10 Å². The topological polar surface area (TPSA) is 78.9 Å². The highest BCUT2D eigenvalue weighted by molar-refractivity contribution is 5.71. The molecular weight excluding hydrogens is 997 g/mol. The Kier molecular flexibility index (Phi) is 64.3. The first kappa shape index (κ1) is 76.5. The van der Waals surface area contributed by atoms with Crippen molar-refractivity contribution in [2.24, 2.45) is 0 Å². The number of rotatable bonds is 60. The molecule has 81 heavy (non-hydrogen) atoms. The summed E-state index contributed by atoms with van der Waals surface area (Å²) in [6, 6.07) is 0. The molecular formula is C75H124O6. The van der Waals surface area contributed by atoms with Crippen molar-refractivity contribution in [1.82, 2.24) is 0 Å². The van der Waals surface area contributed by atoms with Crippen molar-refractivity contribution >= 4 is 17.9 Å². The smallest absolute Gasteiger partial charge is 0.306 e. The van der Waals surface area contributed by atoms with Crippen molar-refractivity contribution < 1.29 is 28.6 Å². The van der Waals surface area contributed by atoms with Gasteiger partial charge in [0.2, 0.25) is 0 Å². The molecule has 0 bridgehead atoms. The van der Waals surface area contributed by atoms with Crippen molar-refractivity contribution in [3.05, 3.63) is 134 Å². The molecule has 0 aromatic rings. The predicted octanol–water partition coefficient (Wildman–Crippen LogP) is 23.3. The van der Waals surface area contributed by atoms with E-state index in [4.69, 9.17) is 14.2 Å². The largest absolute Gasteiger partial charge is 0.462 e. The molecule has 0 spiro atoms. The lowest BCUT2D eigenvalue weighted by Crippen LogP contribution is -2.30. The molecule has 0 heterocycles. The molecule has 0 N–H and O–H groups in total. The molecule has 0 saturated carbocycles. The van der Waals surface area contributed by atoms with Gasteiger partial charge in [0.1, 0.15) is 13.2 Å². The molecule has 0 aliphatic heterocycles. The minimum Gasteiger partial charge on any atom is -0.462 e. The fourth-order valence-corrected chi connectivity index (χ4v) is 9.07. The van der Waals surface area contributed by atoms with Crippen LogP contribution in [0.3, 0.4) is 0 Å². The van der Waals surface area contributed by atoms with Crippen LogP contribution in [0.4, 0.5) is 0 Å². The Bertz CT molecular complexity index is 1720. The lowest BCUT2D eigenvalue weighted by Gasteiger charge is -2.18. The number of esters is 3. The SMILES string of the molecule is CC/C=C\C/C=C\C/C=C\C/C=C\C/C=C\C/C=C\C/C=C\CCCCCCCCCC(=O)OCC(COC(=O)CCCCCCCCC/C=C\C/C=C\CCCCC)OC(=O)CCCCCCCCC/C=C\C/C=C\CCCCC. The maximum Gasteiger partial charge on any atom is 0.306 e. The van der Waals surface area contributed by atoms with Crippen molar-refractivity contribution in [2.75, 3.05) is 13.2 Å². The molecule has 0 amide bonds. The molecule has 0 aliphatic carbocycles. The van der Waals surface area contributed by atoms with Crippen LogP contribution in [0.2, 0.25) is 0 Å². The molecule has 0 fully saturated rings. The van der Waals surface area contributed by atoms with E-state index in [-0.39, 0.29) is 31.1 Å². The third-order valence-corrected chi connectivity index (χ3v) is 14.1. The van der Waals surface area contributed by atoms with E-state index >= 15 is 0 Å². The van der Waals surface area contributed by atoms with Crippen LogP contribution in [0.5, 0.6) is 0 Å². The van der Waals surface area contributed by atoms with Crippen molar-refractivity contribution in [2.45, 2.75) is 309 Å². The average molecular weight is 1120 g/mol. The van der Waals surface area contributed by atoms with Gasteiger partial charge in [-0.25, -0.2) is 0 Å². The summed E-state index contributed by atoms with van der Waals surface area (Å²) in [5, 5.41) is 0. The maximum atomic E-state index is 12.9. The normalized spacial score (nSPS) is 13.0. The Hall–Kier alpha value is -4.45. The van der Waals surface area contributed by atoms with Gasteiger partial charge in [0, 0.05) is 19.3 Å². The van der Waals surface area contributed by atoms with E-state index in [1.165, 1.54) is 128 Å². The Labute approximate surface area is 500 Å². The summed E-state index contributed by atoms with van der Waals surface area (Å²) in [6.07, 6.45) is 95.9. The van der Waals surface area contributed by atoms with Gasteiger partial charge in [-0.05, 0) is 141 Å². The predicted molar refractivity (Wildman–Crippen MR) is 353 cm³/mol. The van der Waals surface area contributed by atoms with E-state index in [1.807, 2.05) is 0 Å². The molecule has 0 saturated heterocycles. The van der Waals surface area contributed by atoms with E-state index in [2.05, 4.69) is 154 Å². The number of allylic oxidation sites excluding steroid dienone is 22. The van der Waals surface area contributed by atoms with Crippen LogP contribution in [0, 0.1) is 0 Å². The van der Waals surface area contributed by atoms with Gasteiger partial charge in [0.25, 0.3) is 0 Å². The first-order valence-electron chi connectivity index (χ1n) is 33.7. The van der Waals surface area contributed by atoms with E-state index in [0.29, 0.717) is 19.3 Å². The second-order valence-corrected chi connectivity index (χ2v) is 22.0. The number of hydrogen-bond acceptors (Lipinski definition) is 6. The van der Waals surface area contributed by atoms with Crippen LogP contribution in [0.25, 0.3) is 0 Å². The number of carbonyl (C=O) groups is 3. The van der Waals surface area contributed by atoms with E-state index in [9.17, 15) is 14.4 Å². The minimum absolute atomic E-state index is 0.0915. The number of ether oxygens (including phenoxy) is 3. The zero-order chi connectivity index (χ0) is 58.5. The van der Waals surface area contributed by atoms with Gasteiger partial charge in [-0.15, -0.1) is 0 Å². The first-order valence-corrected chi connectivity index (χ1v) is 33.7. The number of carbonyl (C=O) groups excluding carboxylic acids is 3. The van der Waals surface area contributed by atoms with Gasteiger partial charge in [-0.2, -0.15) is 0 Å². The molecule has 0 aliphatic rings. The van der Waals surface area contributed by atoms with Gasteiger partial charge in [0.05, 0.1) is 0 Å². The van der Waals surface area contributed by atoms with Crippen LogP contribution in [0.1, 0.15) is 303 Å². The van der Waals surface area contributed by atoms with Gasteiger partial charge in [0.15, 0.2) is 6.10 Å². The van der Waals surface area contributed by atoms with Crippen molar-refractivity contribution in [1.29, 1.82) is 0 Å². The Morgan fingerprint density at radius 1 is 0.259 bits per heavy atom. The third-order valence-electron chi connectivity index (χ3n) is 14.1. The van der Waals surface area contributed by atoms with Crippen LogP contribution >= 0.6 is 0 Å². The van der Waals surface area contributed by atoms with Crippen LogP contribution < -0.4 is 0 Å². The monoisotopic (exact) mass is 1120 g/mol. The van der Waals surface area contributed by atoms with Crippen LogP contribution in [0.15, 0.2) is 134 Å². The summed E-state index contributed by atoms with van der Waals surface area (Å²) in [7, 11) is 0. The van der Waals surface area contributed by atoms with E-state index in [1.54, 1.807) is 0 Å². The summed E-state index contributed by atoms with van der Waals surface area (Å²) >= 11 is 0. The lowest BCUT2D eigenvalue weighted by atomic mass is 10.1. The standard InChI is InChI=1S/C75H124O6/c1-4-7-10-13-16-19-22-25-28-31-32-33-34-35-36-37-38-39-40-41-42-45-47-50-53-56-59-62-65-68-74(77)80-71-72(81-75(78)69-66-63-60-57-54-51-48-44-30-27-24-21-18-15-12-9-6-3)70-79-73(76)67-64-61-58-55-52-49-46-43-29-26-23-20-17-14-11-8-5-2/h7,10,16-21,25-30,32-33,35-36,38-39,41-42,72H,4-6,8-9,11-15,22-24,31,34,37,40,43-71H2,1-3H3/b10-7-,19-16-,20-17-,21-18-,28-25-,29-26-,30-27-,33-32-,36-35-,39-38-,42-41-. The van der Waals surface area contributed by atoms with Crippen LogP contribution in [-0.2, 0) is 28.6 Å². The lowest BCUT2D eigenvalue weighted by molar-refractivity contribution is -0.167. The second kappa shape index (κ2) is 68.1. The molecule has 1 atom stereocenters. The number of unbranched alkanes of at least 4 members (excludes halogenated alkanes) is 27. The Morgan fingerprint density at radius 3 is 0.753 bits per heavy atom. The first-order chi connectivity index (χ1) is 40.0. The summed E-state index contributed by atoms with van der Waals surface area (Å²) in [5.74, 6) is -0.912. The van der Waals surface area contributed by atoms with Gasteiger partial charge >= 0.3 is 17.9 Å². The zero-order valence-electron chi connectivity index (χ0n) is 52.8. The summed E-state index contributed by atoms with van der Waals surface area (Å²) in [4.78, 5) is 38.4. The number of hydrogen-bond donors (Lipinski definition) is 0. The van der Waals surface area contributed by atoms with Crippen molar-refractivity contribution in [3.8, 4) is 0 Å². The molecule has 460 valence electrons. The maximum absolute atomic E-state index is 12.9. The summed E-state index contributed by atoms with van der Waals surface area (Å²) in [6.45, 7) is 6.47. The Balaban J connectivity index is 4.39. The molecule has 0 radical (unpaired) electrons. The molecule has 0 aromatic carbocycles. The Morgan fingerprint density at radius 2 is 0.481 bits per heavy atom. The molecule has 0 aromatic heterocycles. The third kappa shape index (κ3) is 66.2. The second-order valence-electron chi connectivity index (χ2n) is 22.0. The van der Waals surface area contributed by atoms with Gasteiger partial charge < -0.3 is 14.2 Å². The fourth-order valence-electron chi connectivity index (χ4n) is 9.07. The minimum atomic E-state index is -0.797. The highest BCUT2D eigenvalue weighted by Gasteiger charge is 2.19. The fraction of sp³-hybridized carbons (Fsp3) is 0.667. The molecule has 1 unspecified atom stereocenters.